The van der Waals surface area contributed by atoms with Crippen LogP contribution in [-0.4, -0.2) is 49.5 Å². The van der Waals surface area contributed by atoms with E-state index in [1.165, 1.54) is 32.7 Å². The molecule has 0 amide bonds. The van der Waals surface area contributed by atoms with Gasteiger partial charge in [-0.15, -0.1) is 21.5 Å². The lowest BCUT2D eigenvalue weighted by Gasteiger charge is -2.27. The van der Waals surface area contributed by atoms with Crippen LogP contribution in [0.2, 0.25) is 5.02 Å². The Balaban J connectivity index is 1.14. The highest BCUT2D eigenvalue weighted by atomic mass is 35.5. The molecule has 0 radical (unpaired) electrons. The van der Waals surface area contributed by atoms with Crippen molar-refractivity contribution in [3.63, 3.8) is 0 Å². The first kappa shape index (κ1) is 34.0. The number of fused-ring (bicyclic) bond motifs is 5. The van der Waals surface area contributed by atoms with Gasteiger partial charge in [0.2, 0.25) is 0 Å². The average molecular weight is 705 g/mol. The fourth-order valence-corrected chi connectivity index (χ4v) is 8.64. The fourth-order valence-electron chi connectivity index (χ4n) is 6.97. The molecule has 0 spiro atoms. The predicted molar refractivity (Wildman–Crippen MR) is 200 cm³/mol. The van der Waals surface area contributed by atoms with E-state index in [0.717, 1.165) is 78.8 Å². The highest BCUT2D eigenvalue weighted by molar-refractivity contribution is 7.15. The Morgan fingerprint density at radius 1 is 1.08 bits per heavy atom. The van der Waals surface area contributed by atoms with Crippen LogP contribution in [0.4, 0.5) is 0 Å². The summed E-state index contributed by atoms with van der Waals surface area (Å²) in [6, 6.07) is 20.8. The van der Waals surface area contributed by atoms with Gasteiger partial charge in [-0.25, -0.2) is 0 Å². The first-order chi connectivity index (χ1) is 24.4. The molecule has 0 N–H and O–H groups in total. The number of carbonyl (C=O) groups excluding carboxylic acids is 1. The molecule has 0 fully saturated rings. The first-order valence-electron chi connectivity index (χ1n) is 17.4. The summed E-state index contributed by atoms with van der Waals surface area (Å²) in [5.74, 6) is 1.60. The van der Waals surface area contributed by atoms with E-state index in [2.05, 4.69) is 74.0 Å². The molecular formula is C40H41ClN6O2S. The largest absolute Gasteiger partial charge is 0.466 e. The van der Waals surface area contributed by atoms with E-state index in [4.69, 9.17) is 21.3 Å². The summed E-state index contributed by atoms with van der Waals surface area (Å²) >= 11 is 8.63. The maximum atomic E-state index is 11.8. The maximum Gasteiger partial charge on any atom is 0.305 e. The number of carbonyl (C=O) groups is 1. The summed E-state index contributed by atoms with van der Waals surface area (Å²) in [7, 11) is 0. The zero-order chi connectivity index (χ0) is 34.6. The Bertz CT molecular complexity index is 2070. The van der Waals surface area contributed by atoms with Gasteiger partial charge in [-0.05, 0) is 86.9 Å². The fraction of sp³-hybridized carbons (Fsp3) is 0.325. The molecular weight excluding hydrogens is 664 g/mol. The molecule has 1 unspecified atom stereocenters. The van der Waals surface area contributed by atoms with Crippen LogP contribution in [0.5, 0.6) is 0 Å². The smallest absolute Gasteiger partial charge is 0.305 e. The summed E-state index contributed by atoms with van der Waals surface area (Å²) in [6.45, 7) is 9.00. The number of halogens is 1. The molecule has 0 saturated carbocycles. The van der Waals surface area contributed by atoms with Gasteiger partial charge in [0, 0.05) is 65.0 Å². The van der Waals surface area contributed by atoms with E-state index < -0.39 is 0 Å². The third kappa shape index (κ3) is 7.08. The Labute approximate surface area is 302 Å². The van der Waals surface area contributed by atoms with Gasteiger partial charge in [-0.1, -0.05) is 60.1 Å². The zero-order valence-corrected chi connectivity index (χ0v) is 30.3. The Kier molecular flexibility index (Phi) is 10.4. The number of hydrogen-bond acceptors (Lipinski definition) is 8. The highest BCUT2D eigenvalue weighted by Gasteiger charge is 2.34. The topological polar surface area (TPSA) is 85.5 Å². The van der Waals surface area contributed by atoms with Crippen molar-refractivity contribution >= 4 is 40.2 Å². The minimum Gasteiger partial charge on any atom is -0.466 e. The van der Waals surface area contributed by atoms with Crippen LogP contribution in [0.15, 0.2) is 84.1 Å². The van der Waals surface area contributed by atoms with Gasteiger partial charge >= 0.3 is 5.97 Å². The summed E-state index contributed by atoms with van der Waals surface area (Å²) < 4.78 is 7.30. The van der Waals surface area contributed by atoms with Gasteiger partial charge in [-0.3, -0.25) is 24.2 Å². The van der Waals surface area contributed by atoms with Crippen molar-refractivity contribution in [1.29, 1.82) is 0 Å². The zero-order valence-electron chi connectivity index (χ0n) is 28.7. The summed E-state index contributed by atoms with van der Waals surface area (Å²) in [6.07, 6.45) is 9.99. The second-order valence-corrected chi connectivity index (χ2v) is 14.3. The number of esters is 1. The van der Waals surface area contributed by atoms with E-state index in [0.29, 0.717) is 18.1 Å². The Morgan fingerprint density at radius 2 is 1.94 bits per heavy atom. The van der Waals surface area contributed by atoms with Crippen molar-refractivity contribution in [2.45, 2.75) is 72.0 Å². The molecule has 5 heterocycles. The lowest BCUT2D eigenvalue weighted by atomic mass is 9.94. The molecule has 0 aliphatic carbocycles. The molecule has 0 bridgehead atoms. The van der Waals surface area contributed by atoms with Crippen molar-refractivity contribution in [2.75, 3.05) is 13.2 Å². The van der Waals surface area contributed by atoms with Crippen molar-refractivity contribution in [2.24, 2.45) is 4.99 Å². The number of rotatable bonds is 11. The number of unbranched alkanes of at least 4 members (excludes halogenated alkanes) is 2. The molecule has 2 aromatic carbocycles. The molecule has 8 nitrogen and oxygen atoms in total. The van der Waals surface area contributed by atoms with Crippen molar-refractivity contribution in [1.82, 2.24) is 24.6 Å². The molecule has 256 valence electrons. The summed E-state index contributed by atoms with van der Waals surface area (Å²) in [4.78, 5) is 25.3. The molecule has 2 aliphatic heterocycles. The van der Waals surface area contributed by atoms with E-state index in [1.807, 2.05) is 55.6 Å². The first-order valence-corrected chi connectivity index (χ1v) is 18.6. The molecule has 10 heteroatoms. The van der Waals surface area contributed by atoms with Crippen LogP contribution < -0.4 is 0 Å². The second kappa shape index (κ2) is 15.2. The molecule has 2 aliphatic rings. The molecule has 50 heavy (non-hydrogen) atoms. The van der Waals surface area contributed by atoms with Gasteiger partial charge in [-0.2, -0.15) is 0 Å². The summed E-state index contributed by atoms with van der Waals surface area (Å²) in [5.41, 5.74) is 9.11. The Hall–Kier alpha value is -4.44. The van der Waals surface area contributed by atoms with Crippen molar-refractivity contribution in [3.8, 4) is 5.00 Å². The van der Waals surface area contributed by atoms with E-state index in [1.54, 1.807) is 6.20 Å². The predicted octanol–water partition coefficient (Wildman–Crippen LogP) is 8.71. The van der Waals surface area contributed by atoms with Crippen LogP contribution in [0, 0.1) is 6.92 Å². The highest BCUT2D eigenvalue weighted by Crippen LogP contribution is 2.42. The number of ether oxygens (including phenoxy) is 1. The minimum absolute atomic E-state index is 0.123. The number of aryl methyl sites for hydroxylation is 1. The summed E-state index contributed by atoms with van der Waals surface area (Å²) in [5, 5.41) is 10.8. The number of nitrogens with zero attached hydrogens (tertiary/aromatic N) is 6. The number of thiophene rings is 1. The SMILES string of the molecule is CCOC(=O)CCCC/C=C(\c1cccnc1)c1cccc(CN2CCc3c(sc4c3C(c3ccccc3Cl)=NC(C)c3nnc(C)n3-4)C2)c1. The normalized spacial score (nSPS) is 15.9. The number of pyridine rings is 1. The van der Waals surface area contributed by atoms with Gasteiger partial charge in [0.05, 0.1) is 12.3 Å². The van der Waals surface area contributed by atoms with Gasteiger partial charge in [0.15, 0.2) is 5.82 Å². The quantitative estimate of drug-likeness (QED) is 0.101. The number of aromatic nitrogens is 4. The van der Waals surface area contributed by atoms with E-state index in [9.17, 15) is 4.79 Å². The number of aliphatic imine (C=N–C) groups is 1. The van der Waals surface area contributed by atoms with Gasteiger partial charge in [0.25, 0.3) is 0 Å². The van der Waals surface area contributed by atoms with Crippen LogP contribution in [0.1, 0.15) is 95.5 Å². The third-order valence-electron chi connectivity index (χ3n) is 9.34. The molecule has 0 saturated heterocycles. The van der Waals surface area contributed by atoms with Crippen molar-refractivity contribution in [3.05, 3.63) is 134 Å². The number of hydrogen-bond donors (Lipinski definition) is 0. The van der Waals surface area contributed by atoms with Crippen LogP contribution >= 0.6 is 22.9 Å². The van der Waals surface area contributed by atoms with Crippen LogP contribution in [0.3, 0.4) is 0 Å². The van der Waals surface area contributed by atoms with Crippen LogP contribution in [-0.2, 0) is 29.0 Å². The molecule has 7 rings (SSSR count). The molecule has 1 atom stereocenters. The number of benzene rings is 2. The molecule has 3 aromatic heterocycles. The monoisotopic (exact) mass is 704 g/mol. The standard InChI is InChI=1S/C40H41ClN6O2S/c1-4-49-36(48)18-7-5-6-15-31(30-14-11-20-42-23-30)29-13-10-12-28(22-29)24-46-21-19-33-35(25-46)50-40-37(33)38(32-16-8-9-17-34(32)41)43-26(2)39-45-44-27(3)47(39)40/h8-17,20,22-23,26H,4-7,18-19,21,24-25H2,1-3H3/b31-15-. The lowest BCUT2D eigenvalue weighted by Crippen LogP contribution is -2.30. The average Bonchev–Trinajstić information content (AvgIpc) is 3.66. The molecule has 5 aromatic rings. The lowest BCUT2D eigenvalue weighted by molar-refractivity contribution is -0.143. The van der Waals surface area contributed by atoms with Crippen molar-refractivity contribution < 1.29 is 9.53 Å². The Morgan fingerprint density at radius 3 is 2.76 bits per heavy atom. The van der Waals surface area contributed by atoms with Gasteiger partial charge < -0.3 is 4.74 Å². The van der Waals surface area contributed by atoms with Gasteiger partial charge in [0.1, 0.15) is 16.9 Å². The van der Waals surface area contributed by atoms with E-state index >= 15 is 0 Å². The maximum absolute atomic E-state index is 11.8. The second-order valence-electron chi connectivity index (χ2n) is 12.8. The third-order valence-corrected chi connectivity index (χ3v) is 10.9. The van der Waals surface area contributed by atoms with E-state index in [-0.39, 0.29) is 12.0 Å². The minimum atomic E-state index is -0.153. The van der Waals surface area contributed by atoms with Crippen LogP contribution in [0.25, 0.3) is 10.6 Å². The number of allylic oxidation sites excluding steroid dienone is 1.